The monoisotopic (exact) mass is 214 g/mol. The normalized spacial score (nSPS) is 9.57. The van der Waals surface area contributed by atoms with Gasteiger partial charge in [-0.2, -0.15) is 0 Å². The fraction of sp³-hybridized carbons (Fsp3) is 0.300. The van der Waals surface area contributed by atoms with Crippen LogP contribution in [0.15, 0.2) is 18.2 Å². The Bertz CT molecular complexity index is 312. The molecule has 0 radical (unpaired) electrons. The Morgan fingerprint density at radius 2 is 2.07 bits per heavy atom. The number of alkyl halides is 1. The number of rotatable bonds is 5. The van der Waals surface area contributed by atoms with Gasteiger partial charge in [-0.3, -0.25) is 4.79 Å². The minimum absolute atomic E-state index is 0.410. The summed E-state index contributed by atoms with van der Waals surface area (Å²) in [7, 11) is 1.54. The lowest BCUT2D eigenvalue weighted by atomic mass is 10.2. The molecule has 0 amide bonds. The van der Waals surface area contributed by atoms with Crippen molar-refractivity contribution in [2.45, 2.75) is 0 Å². The molecule has 0 aliphatic heterocycles. The lowest BCUT2D eigenvalue weighted by Gasteiger charge is -2.07. The Balaban J connectivity index is 2.86. The predicted octanol–water partition coefficient (Wildman–Crippen LogP) is 2.13. The first-order valence-corrected chi connectivity index (χ1v) is 4.66. The second-order valence-electron chi connectivity index (χ2n) is 2.60. The van der Waals surface area contributed by atoms with Gasteiger partial charge in [-0.1, -0.05) is 0 Å². The molecule has 0 aliphatic carbocycles. The van der Waals surface area contributed by atoms with E-state index in [1.807, 2.05) is 0 Å². The number of halogens is 1. The summed E-state index contributed by atoms with van der Waals surface area (Å²) in [6, 6.07) is 4.99. The number of carbonyl (C=O) groups is 1. The van der Waals surface area contributed by atoms with Crippen molar-refractivity contribution in [2.24, 2.45) is 0 Å². The van der Waals surface area contributed by atoms with Gasteiger partial charge in [-0.25, -0.2) is 0 Å². The maximum atomic E-state index is 10.6. The minimum atomic E-state index is 0.410. The summed E-state index contributed by atoms with van der Waals surface area (Å²) in [5.74, 6) is 1.60. The molecule has 0 heterocycles. The third-order valence-electron chi connectivity index (χ3n) is 1.62. The quantitative estimate of drug-likeness (QED) is 0.557. The van der Waals surface area contributed by atoms with Crippen LogP contribution in [-0.2, 0) is 0 Å². The number of hydrogen-bond acceptors (Lipinski definition) is 3. The summed E-state index contributed by atoms with van der Waals surface area (Å²) < 4.78 is 10.3. The molecule has 76 valence electrons. The number of aldehydes is 1. The van der Waals surface area contributed by atoms with Gasteiger partial charge in [0.25, 0.3) is 0 Å². The first-order chi connectivity index (χ1) is 6.80. The molecule has 0 bridgehead atoms. The first-order valence-electron chi connectivity index (χ1n) is 4.13. The van der Waals surface area contributed by atoms with Gasteiger partial charge in [0.05, 0.1) is 13.0 Å². The molecule has 0 N–H and O–H groups in total. The van der Waals surface area contributed by atoms with Crippen LogP contribution in [0.3, 0.4) is 0 Å². The van der Waals surface area contributed by atoms with Gasteiger partial charge in [-0.15, -0.1) is 11.6 Å². The standard InChI is InChI=1S/C10H11ClO3/c1-13-9-4-8(7-12)5-10(6-9)14-3-2-11/h4-7H,2-3H2,1H3. The number of benzene rings is 1. The summed E-state index contributed by atoms with van der Waals surface area (Å²) in [5, 5.41) is 0. The van der Waals surface area contributed by atoms with Gasteiger partial charge >= 0.3 is 0 Å². The van der Waals surface area contributed by atoms with Gasteiger partial charge in [0.15, 0.2) is 0 Å². The minimum Gasteiger partial charge on any atom is -0.497 e. The third kappa shape index (κ3) is 2.92. The van der Waals surface area contributed by atoms with Crippen molar-refractivity contribution in [1.29, 1.82) is 0 Å². The van der Waals surface area contributed by atoms with Crippen LogP contribution in [0.25, 0.3) is 0 Å². The highest BCUT2D eigenvalue weighted by Crippen LogP contribution is 2.21. The molecule has 0 atom stereocenters. The predicted molar refractivity (Wildman–Crippen MR) is 54.6 cm³/mol. The zero-order valence-corrected chi connectivity index (χ0v) is 8.58. The average Bonchev–Trinajstić information content (AvgIpc) is 2.25. The third-order valence-corrected chi connectivity index (χ3v) is 1.77. The Morgan fingerprint density at radius 3 is 2.64 bits per heavy atom. The summed E-state index contributed by atoms with van der Waals surface area (Å²) in [6.07, 6.45) is 0.746. The topological polar surface area (TPSA) is 35.5 Å². The van der Waals surface area contributed by atoms with Gasteiger partial charge < -0.3 is 9.47 Å². The fourth-order valence-corrected chi connectivity index (χ4v) is 1.10. The molecule has 0 saturated heterocycles. The van der Waals surface area contributed by atoms with Gasteiger partial charge in [-0.05, 0) is 12.1 Å². The van der Waals surface area contributed by atoms with Crippen molar-refractivity contribution in [2.75, 3.05) is 19.6 Å². The summed E-state index contributed by atoms with van der Waals surface area (Å²) in [5.41, 5.74) is 0.522. The average molecular weight is 215 g/mol. The Labute approximate surface area is 87.6 Å². The Hall–Kier alpha value is -1.22. The zero-order valence-electron chi connectivity index (χ0n) is 7.83. The van der Waals surface area contributed by atoms with E-state index in [1.165, 1.54) is 7.11 Å². The second-order valence-corrected chi connectivity index (χ2v) is 2.98. The molecule has 0 aliphatic rings. The van der Waals surface area contributed by atoms with Crippen LogP contribution in [-0.4, -0.2) is 25.9 Å². The van der Waals surface area contributed by atoms with Gasteiger partial charge in [0.1, 0.15) is 24.4 Å². The highest BCUT2D eigenvalue weighted by atomic mass is 35.5. The second kappa shape index (κ2) is 5.50. The summed E-state index contributed by atoms with van der Waals surface area (Å²) in [6.45, 7) is 0.410. The smallest absolute Gasteiger partial charge is 0.150 e. The van der Waals surface area contributed by atoms with E-state index in [9.17, 15) is 4.79 Å². The fourth-order valence-electron chi connectivity index (χ4n) is 1.02. The molecule has 0 aromatic heterocycles. The van der Waals surface area contributed by atoms with Crippen LogP contribution >= 0.6 is 11.6 Å². The van der Waals surface area contributed by atoms with Crippen molar-refractivity contribution < 1.29 is 14.3 Å². The number of ether oxygens (including phenoxy) is 2. The van der Waals surface area contributed by atoms with E-state index < -0.39 is 0 Å². The molecule has 4 heteroatoms. The van der Waals surface area contributed by atoms with E-state index in [1.54, 1.807) is 18.2 Å². The molecule has 0 spiro atoms. The summed E-state index contributed by atoms with van der Waals surface area (Å²) in [4.78, 5) is 10.6. The van der Waals surface area contributed by atoms with Crippen molar-refractivity contribution in [1.82, 2.24) is 0 Å². The van der Waals surface area contributed by atoms with Crippen LogP contribution in [0.5, 0.6) is 11.5 Å². The highest BCUT2D eigenvalue weighted by molar-refractivity contribution is 6.18. The maximum Gasteiger partial charge on any atom is 0.150 e. The zero-order chi connectivity index (χ0) is 10.4. The SMILES string of the molecule is COc1cc(C=O)cc(OCCCl)c1. The molecule has 0 unspecified atom stereocenters. The van der Waals surface area contributed by atoms with Crippen molar-refractivity contribution in [3.8, 4) is 11.5 Å². The van der Waals surface area contributed by atoms with Crippen LogP contribution in [0.1, 0.15) is 10.4 Å². The lowest BCUT2D eigenvalue weighted by molar-refractivity contribution is 0.112. The molecule has 14 heavy (non-hydrogen) atoms. The van der Waals surface area contributed by atoms with Crippen LogP contribution in [0, 0.1) is 0 Å². The van der Waals surface area contributed by atoms with E-state index in [0.29, 0.717) is 29.5 Å². The van der Waals surface area contributed by atoms with E-state index in [-0.39, 0.29) is 0 Å². The van der Waals surface area contributed by atoms with E-state index in [2.05, 4.69) is 0 Å². The molecular weight excluding hydrogens is 204 g/mol. The molecule has 1 aromatic carbocycles. The highest BCUT2D eigenvalue weighted by Gasteiger charge is 2.01. The number of methoxy groups -OCH3 is 1. The molecular formula is C10H11ClO3. The maximum absolute atomic E-state index is 10.6. The molecule has 0 fully saturated rings. The van der Waals surface area contributed by atoms with E-state index in [0.717, 1.165) is 6.29 Å². The van der Waals surface area contributed by atoms with Gasteiger partial charge in [0, 0.05) is 11.6 Å². The molecule has 0 saturated carbocycles. The largest absolute Gasteiger partial charge is 0.497 e. The van der Waals surface area contributed by atoms with Crippen LogP contribution in [0.2, 0.25) is 0 Å². The van der Waals surface area contributed by atoms with Crippen molar-refractivity contribution in [3.05, 3.63) is 23.8 Å². The van der Waals surface area contributed by atoms with E-state index in [4.69, 9.17) is 21.1 Å². The first kappa shape index (κ1) is 10.9. The Morgan fingerprint density at radius 1 is 1.36 bits per heavy atom. The number of carbonyl (C=O) groups excluding carboxylic acids is 1. The van der Waals surface area contributed by atoms with Crippen LogP contribution in [0.4, 0.5) is 0 Å². The summed E-state index contributed by atoms with van der Waals surface area (Å²) >= 11 is 5.47. The Kier molecular flexibility index (Phi) is 4.26. The molecule has 1 rings (SSSR count). The molecule has 1 aromatic rings. The van der Waals surface area contributed by atoms with Crippen LogP contribution < -0.4 is 9.47 Å². The lowest BCUT2D eigenvalue weighted by Crippen LogP contribution is -1.99. The van der Waals surface area contributed by atoms with Crippen molar-refractivity contribution >= 4 is 17.9 Å². The van der Waals surface area contributed by atoms with Gasteiger partial charge in [0.2, 0.25) is 0 Å². The van der Waals surface area contributed by atoms with E-state index >= 15 is 0 Å². The molecule has 3 nitrogen and oxygen atoms in total. The van der Waals surface area contributed by atoms with Crippen molar-refractivity contribution in [3.63, 3.8) is 0 Å². The number of hydrogen-bond donors (Lipinski definition) is 0.